The maximum Gasteiger partial charge on any atom is 0.105 e. The molecule has 0 saturated heterocycles. The van der Waals surface area contributed by atoms with Crippen molar-refractivity contribution in [2.75, 3.05) is 0 Å². The van der Waals surface area contributed by atoms with Crippen LogP contribution in [0.15, 0.2) is 28.9 Å². The molecule has 0 bridgehead atoms. The van der Waals surface area contributed by atoms with Crippen molar-refractivity contribution in [2.24, 2.45) is 0 Å². The van der Waals surface area contributed by atoms with Crippen molar-refractivity contribution in [3.63, 3.8) is 0 Å². The molecule has 1 N–H and O–H groups in total. The number of nitrogens with one attached hydrogen (secondary N) is 1. The topological polar surface area (TPSA) is 25.2 Å². The summed E-state index contributed by atoms with van der Waals surface area (Å²) in [5.41, 5.74) is 1.40. The van der Waals surface area contributed by atoms with Crippen molar-refractivity contribution in [3.05, 3.63) is 45.0 Å². The SMILES string of the molecule is CC(Cc1ccco1)NC1CCc2sc(Cl)cc21. The third kappa shape index (κ3) is 2.48. The Balaban J connectivity index is 1.63. The molecule has 2 nitrogen and oxygen atoms in total. The molecule has 2 aromatic heterocycles. The highest BCUT2D eigenvalue weighted by molar-refractivity contribution is 7.16. The normalized spacial score (nSPS) is 20.0. The first-order chi connectivity index (χ1) is 8.72. The van der Waals surface area contributed by atoms with Crippen molar-refractivity contribution in [1.29, 1.82) is 0 Å². The summed E-state index contributed by atoms with van der Waals surface area (Å²) in [5.74, 6) is 1.04. The van der Waals surface area contributed by atoms with Crippen molar-refractivity contribution < 1.29 is 4.42 Å². The molecule has 1 aliphatic rings. The minimum atomic E-state index is 0.408. The van der Waals surface area contributed by atoms with Gasteiger partial charge in [-0.2, -0.15) is 0 Å². The lowest BCUT2D eigenvalue weighted by Gasteiger charge is -2.19. The van der Waals surface area contributed by atoms with E-state index < -0.39 is 0 Å². The number of hydrogen-bond acceptors (Lipinski definition) is 3. The van der Waals surface area contributed by atoms with Crippen LogP contribution in [0, 0.1) is 0 Å². The van der Waals surface area contributed by atoms with Crippen LogP contribution < -0.4 is 5.32 Å². The summed E-state index contributed by atoms with van der Waals surface area (Å²) in [6.45, 7) is 2.20. The molecule has 0 aromatic carbocycles. The number of aryl methyl sites for hydroxylation is 1. The van der Waals surface area contributed by atoms with Gasteiger partial charge in [0.05, 0.1) is 10.6 Å². The summed E-state index contributed by atoms with van der Waals surface area (Å²) in [4.78, 5) is 1.45. The van der Waals surface area contributed by atoms with E-state index in [0.717, 1.165) is 22.9 Å². The number of halogens is 1. The highest BCUT2D eigenvalue weighted by atomic mass is 35.5. The quantitative estimate of drug-likeness (QED) is 0.908. The zero-order valence-corrected chi connectivity index (χ0v) is 11.9. The maximum atomic E-state index is 6.07. The van der Waals surface area contributed by atoms with E-state index in [2.05, 4.69) is 18.3 Å². The highest BCUT2D eigenvalue weighted by Crippen LogP contribution is 2.39. The predicted octanol–water partition coefficient (Wildman–Crippen LogP) is 4.20. The lowest BCUT2D eigenvalue weighted by molar-refractivity contribution is 0.415. The number of furan rings is 1. The van der Waals surface area contributed by atoms with Crippen LogP contribution >= 0.6 is 22.9 Å². The van der Waals surface area contributed by atoms with Crippen molar-refractivity contribution in [3.8, 4) is 0 Å². The van der Waals surface area contributed by atoms with Gasteiger partial charge in [0.25, 0.3) is 0 Å². The Hall–Kier alpha value is -0.770. The number of rotatable bonds is 4. The van der Waals surface area contributed by atoms with Crippen molar-refractivity contribution in [1.82, 2.24) is 5.32 Å². The first-order valence-corrected chi connectivity index (χ1v) is 7.48. The molecule has 2 unspecified atom stereocenters. The van der Waals surface area contributed by atoms with Crippen LogP contribution in [-0.2, 0) is 12.8 Å². The first kappa shape index (κ1) is 12.3. The minimum absolute atomic E-state index is 0.408. The molecule has 4 heteroatoms. The monoisotopic (exact) mass is 281 g/mol. The van der Waals surface area contributed by atoms with E-state index in [1.165, 1.54) is 16.9 Å². The standard InChI is InChI=1S/C14H16ClNOS/c1-9(7-10-3-2-6-17-10)16-12-4-5-13-11(12)8-14(15)18-13/h2-3,6,8-9,12,16H,4-5,7H2,1H3. The lowest BCUT2D eigenvalue weighted by atomic mass is 10.1. The fraction of sp³-hybridized carbons (Fsp3) is 0.429. The summed E-state index contributed by atoms with van der Waals surface area (Å²) in [5, 5.41) is 3.67. The van der Waals surface area contributed by atoms with Crippen LogP contribution in [0.3, 0.4) is 0 Å². The average molecular weight is 282 g/mol. The summed E-state index contributed by atoms with van der Waals surface area (Å²) in [6.07, 6.45) is 4.99. The molecule has 0 aliphatic heterocycles. The average Bonchev–Trinajstić information content (AvgIpc) is 2.98. The second-order valence-corrected chi connectivity index (χ2v) is 6.64. The molecule has 0 saturated carbocycles. The van der Waals surface area contributed by atoms with Crippen LogP contribution in [0.1, 0.15) is 35.6 Å². The maximum absolute atomic E-state index is 6.07. The third-order valence-corrected chi connectivity index (χ3v) is 4.76. The lowest BCUT2D eigenvalue weighted by Crippen LogP contribution is -2.30. The van der Waals surface area contributed by atoms with Gasteiger partial charge < -0.3 is 9.73 Å². The second kappa shape index (κ2) is 5.08. The number of hydrogen-bond donors (Lipinski definition) is 1. The van der Waals surface area contributed by atoms with Crippen LogP contribution in [0.4, 0.5) is 0 Å². The fourth-order valence-electron chi connectivity index (χ4n) is 2.64. The molecule has 0 amide bonds. The Labute approximate surface area is 116 Å². The molecular formula is C14H16ClNOS. The van der Waals surface area contributed by atoms with Gasteiger partial charge in [-0.15, -0.1) is 11.3 Å². The van der Waals surface area contributed by atoms with Gasteiger partial charge in [-0.1, -0.05) is 11.6 Å². The van der Waals surface area contributed by atoms with Gasteiger partial charge in [-0.05, 0) is 43.5 Å². The van der Waals surface area contributed by atoms with Crippen molar-refractivity contribution in [2.45, 2.75) is 38.3 Å². The Morgan fingerprint density at radius 2 is 2.50 bits per heavy atom. The van der Waals surface area contributed by atoms with Crippen LogP contribution in [0.5, 0.6) is 0 Å². The Kier molecular flexibility index (Phi) is 3.46. The van der Waals surface area contributed by atoms with Crippen LogP contribution in [0.2, 0.25) is 4.34 Å². The molecule has 2 atom stereocenters. The molecule has 2 heterocycles. The zero-order chi connectivity index (χ0) is 12.5. The third-order valence-electron chi connectivity index (χ3n) is 3.42. The smallest absolute Gasteiger partial charge is 0.105 e. The Morgan fingerprint density at radius 3 is 3.28 bits per heavy atom. The van der Waals surface area contributed by atoms with Gasteiger partial charge in [-0.3, -0.25) is 0 Å². The minimum Gasteiger partial charge on any atom is -0.469 e. The van der Waals surface area contributed by atoms with Gasteiger partial charge >= 0.3 is 0 Å². The van der Waals surface area contributed by atoms with Crippen LogP contribution in [0.25, 0.3) is 0 Å². The van der Waals surface area contributed by atoms with Gasteiger partial charge in [0.2, 0.25) is 0 Å². The van der Waals surface area contributed by atoms with E-state index in [1.54, 1.807) is 17.6 Å². The summed E-state index contributed by atoms with van der Waals surface area (Å²) < 4.78 is 6.29. The van der Waals surface area contributed by atoms with Gasteiger partial charge in [0.15, 0.2) is 0 Å². The molecule has 1 aliphatic carbocycles. The summed E-state index contributed by atoms with van der Waals surface area (Å²) in [7, 11) is 0. The molecule has 0 spiro atoms. The van der Waals surface area contributed by atoms with E-state index in [1.807, 2.05) is 12.1 Å². The van der Waals surface area contributed by atoms with Crippen LogP contribution in [-0.4, -0.2) is 6.04 Å². The predicted molar refractivity (Wildman–Crippen MR) is 75.4 cm³/mol. The summed E-state index contributed by atoms with van der Waals surface area (Å²) in [6, 6.07) is 6.94. The Bertz CT molecular complexity index is 520. The number of fused-ring (bicyclic) bond motifs is 1. The van der Waals surface area contributed by atoms with Crippen molar-refractivity contribution >= 4 is 22.9 Å². The molecule has 3 rings (SSSR count). The molecule has 0 radical (unpaired) electrons. The molecule has 2 aromatic rings. The molecule has 0 fully saturated rings. The second-order valence-electron chi connectivity index (χ2n) is 4.87. The van der Waals surface area contributed by atoms with Gasteiger partial charge in [-0.25, -0.2) is 0 Å². The highest BCUT2D eigenvalue weighted by Gasteiger charge is 2.26. The summed E-state index contributed by atoms with van der Waals surface area (Å²) >= 11 is 7.79. The van der Waals surface area contributed by atoms with E-state index >= 15 is 0 Å². The molecule has 96 valence electrons. The fourth-order valence-corrected chi connectivity index (χ4v) is 3.99. The molecule has 18 heavy (non-hydrogen) atoms. The van der Waals surface area contributed by atoms with E-state index in [0.29, 0.717) is 12.1 Å². The van der Waals surface area contributed by atoms with Gasteiger partial charge in [0.1, 0.15) is 5.76 Å². The van der Waals surface area contributed by atoms with Gasteiger partial charge in [0, 0.05) is 23.4 Å². The zero-order valence-electron chi connectivity index (χ0n) is 10.3. The molecular weight excluding hydrogens is 266 g/mol. The van der Waals surface area contributed by atoms with E-state index in [4.69, 9.17) is 16.0 Å². The first-order valence-electron chi connectivity index (χ1n) is 6.29. The number of thiophene rings is 1. The largest absolute Gasteiger partial charge is 0.469 e. The Morgan fingerprint density at radius 1 is 1.61 bits per heavy atom. The van der Waals surface area contributed by atoms with E-state index in [9.17, 15) is 0 Å². The van der Waals surface area contributed by atoms with E-state index in [-0.39, 0.29) is 0 Å².